The normalized spacial score (nSPS) is 19.2. The number of hydrogen-bond donors (Lipinski definition) is 0. The smallest absolute Gasteiger partial charge is 0.429 e. The first-order valence-electron chi connectivity index (χ1n) is 9.91. The molecule has 0 N–H and O–H groups in total. The Balaban J connectivity index is 1.75. The molecule has 9 heteroatoms. The third-order valence-electron chi connectivity index (χ3n) is 4.72. The van der Waals surface area contributed by atoms with Crippen molar-refractivity contribution in [3.63, 3.8) is 0 Å². The van der Waals surface area contributed by atoms with Crippen LogP contribution in [0.15, 0.2) is 42.5 Å². The molecule has 1 heterocycles. The van der Waals surface area contributed by atoms with Crippen molar-refractivity contribution in [3.8, 4) is 11.8 Å². The third kappa shape index (κ3) is 5.44. The standard InChI is InChI=1S/C23H20F5NO3/c1-2-3-4-5-14-12-30-22(31-13-14)16-8-19(25)21(20(26)9-16)23(27,28)32-17-7-6-15(11-29)18(24)10-17/h4-10,14,22H,2-3,12-13H2,1H3/b5-4+. The van der Waals surface area contributed by atoms with Gasteiger partial charge in [-0.2, -0.15) is 14.0 Å². The maximum atomic E-state index is 14.5. The van der Waals surface area contributed by atoms with Gasteiger partial charge < -0.3 is 14.2 Å². The van der Waals surface area contributed by atoms with Crippen LogP contribution in [0.1, 0.15) is 42.7 Å². The monoisotopic (exact) mass is 453 g/mol. The van der Waals surface area contributed by atoms with Crippen LogP contribution in [0.25, 0.3) is 0 Å². The van der Waals surface area contributed by atoms with Crippen LogP contribution in [0.2, 0.25) is 0 Å². The topological polar surface area (TPSA) is 51.5 Å². The maximum absolute atomic E-state index is 14.5. The van der Waals surface area contributed by atoms with E-state index in [1.165, 1.54) is 6.07 Å². The number of ether oxygens (including phenoxy) is 3. The Labute approximate surface area is 181 Å². The number of halogens is 5. The van der Waals surface area contributed by atoms with Gasteiger partial charge in [0.1, 0.15) is 34.8 Å². The van der Waals surface area contributed by atoms with Gasteiger partial charge >= 0.3 is 6.11 Å². The molecular weight excluding hydrogens is 433 g/mol. The van der Waals surface area contributed by atoms with Crippen molar-refractivity contribution in [3.05, 3.63) is 76.6 Å². The van der Waals surface area contributed by atoms with Crippen molar-refractivity contribution in [2.45, 2.75) is 32.2 Å². The molecule has 32 heavy (non-hydrogen) atoms. The molecule has 0 saturated carbocycles. The first-order chi connectivity index (χ1) is 15.2. The lowest BCUT2D eigenvalue weighted by atomic mass is 10.1. The van der Waals surface area contributed by atoms with Crippen LogP contribution < -0.4 is 4.74 Å². The molecule has 1 aliphatic heterocycles. The van der Waals surface area contributed by atoms with E-state index in [0.29, 0.717) is 18.2 Å². The number of rotatable bonds is 7. The number of unbranched alkanes of at least 4 members (excludes halogenated alkanes) is 1. The molecule has 170 valence electrons. The van der Waals surface area contributed by atoms with E-state index < -0.39 is 46.7 Å². The molecule has 3 rings (SSSR count). The highest BCUT2D eigenvalue weighted by Crippen LogP contribution is 2.37. The fourth-order valence-electron chi connectivity index (χ4n) is 3.13. The molecule has 4 nitrogen and oxygen atoms in total. The Morgan fingerprint density at radius 1 is 1.09 bits per heavy atom. The number of allylic oxidation sites excluding steroid dienone is 1. The largest absolute Gasteiger partial charge is 0.432 e. The Hall–Kier alpha value is -2.96. The molecule has 0 radical (unpaired) electrons. The summed E-state index contributed by atoms with van der Waals surface area (Å²) in [5, 5.41) is 8.69. The van der Waals surface area contributed by atoms with Crippen molar-refractivity contribution in [2.24, 2.45) is 5.92 Å². The van der Waals surface area contributed by atoms with Gasteiger partial charge in [0.2, 0.25) is 0 Å². The summed E-state index contributed by atoms with van der Waals surface area (Å²) < 4.78 is 86.9. The van der Waals surface area contributed by atoms with Crippen molar-refractivity contribution in [2.75, 3.05) is 13.2 Å². The summed E-state index contributed by atoms with van der Waals surface area (Å²) >= 11 is 0. The van der Waals surface area contributed by atoms with Gasteiger partial charge in [-0.15, -0.1) is 0 Å². The van der Waals surface area contributed by atoms with Crippen molar-refractivity contribution >= 4 is 0 Å². The molecule has 0 atom stereocenters. The lowest BCUT2D eigenvalue weighted by molar-refractivity contribution is -0.198. The summed E-state index contributed by atoms with van der Waals surface area (Å²) in [6, 6.07) is 5.24. The van der Waals surface area contributed by atoms with Gasteiger partial charge in [-0.25, -0.2) is 13.2 Å². The first kappa shape index (κ1) is 23.7. The zero-order valence-corrected chi connectivity index (χ0v) is 17.1. The number of alkyl halides is 2. The molecular formula is C23H20F5NO3. The summed E-state index contributed by atoms with van der Waals surface area (Å²) in [5.74, 6) is -4.97. The van der Waals surface area contributed by atoms with Gasteiger partial charge in [-0.05, 0) is 30.7 Å². The Morgan fingerprint density at radius 2 is 1.75 bits per heavy atom. The van der Waals surface area contributed by atoms with Crippen LogP contribution in [0.4, 0.5) is 22.0 Å². The fraction of sp³-hybridized carbons (Fsp3) is 0.348. The van der Waals surface area contributed by atoms with Crippen molar-refractivity contribution in [1.29, 1.82) is 5.26 Å². The summed E-state index contributed by atoms with van der Waals surface area (Å²) in [7, 11) is 0. The molecule has 1 aliphatic rings. The van der Waals surface area contributed by atoms with Crippen LogP contribution in [-0.2, 0) is 15.6 Å². The van der Waals surface area contributed by atoms with Crippen molar-refractivity contribution < 1.29 is 36.2 Å². The van der Waals surface area contributed by atoms with Gasteiger partial charge in [-0.3, -0.25) is 0 Å². The zero-order chi connectivity index (χ0) is 23.3. The van der Waals surface area contributed by atoms with Gasteiger partial charge in [-0.1, -0.05) is 25.5 Å². The number of hydrogen-bond acceptors (Lipinski definition) is 4. The van der Waals surface area contributed by atoms with E-state index in [1.807, 2.05) is 19.1 Å². The SMILES string of the molecule is CCC/C=C/C1COC(c2cc(F)c(C(F)(F)Oc3ccc(C#N)c(F)c3)c(F)c2)OC1. The zero-order valence-electron chi connectivity index (χ0n) is 17.1. The lowest BCUT2D eigenvalue weighted by Crippen LogP contribution is -2.28. The second-order valence-corrected chi connectivity index (χ2v) is 7.21. The van der Waals surface area contributed by atoms with E-state index in [4.69, 9.17) is 14.7 Å². The molecule has 0 spiro atoms. The average molecular weight is 453 g/mol. The van der Waals surface area contributed by atoms with Gasteiger partial charge in [0.25, 0.3) is 0 Å². The van der Waals surface area contributed by atoms with Crippen LogP contribution in [0, 0.1) is 34.7 Å². The van der Waals surface area contributed by atoms with Gasteiger partial charge in [0.15, 0.2) is 6.29 Å². The summed E-state index contributed by atoms with van der Waals surface area (Å²) in [5.41, 5.74) is -2.12. The number of nitriles is 1. The van der Waals surface area contributed by atoms with E-state index in [0.717, 1.165) is 25.0 Å². The Kier molecular flexibility index (Phi) is 7.48. The van der Waals surface area contributed by atoms with Crippen LogP contribution in [0.3, 0.4) is 0 Å². The molecule has 0 bridgehead atoms. The van der Waals surface area contributed by atoms with Gasteiger partial charge in [0, 0.05) is 17.5 Å². The predicted molar refractivity (Wildman–Crippen MR) is 104 cm³/mol. The highest BCUT2D eigenvalue weighted by atomic mass is 19.3. The Morgan fingerprint density at radius 3 is 2.31 bits per heavy atom. The summed E-state index contributed by atoms with van der Waals surface area (Å²) in [4.78, 5) is 0. The van der Waals surface area contributed by atoms with E-state index in [2.05, 4.69) is 4.74 Å². The average Bonchev–Trinajstić information content (AvgIpc) is 2.73. The second-order valence-electron chi connectivity index (χ2n) is 7.21. The number of nitrogens with zero attached hydrogens (tertiary/aromatic N) is 1. The molecule has 0 aromatic heterocycles. The van der Waals surface area contributed by atoms with E-state index >= 15 is 0 Å². The van der Waals surface area contributed by atoms with Crippen molar-refractivity contribution in [1.82, 2.24) is 0 Å². The molecule has 0 aliphatic carbocycles. The van der Waals surface area contributed by atoms with E-state index in [9.17, 15) is 22.0 Å². The highest BCUT2D eigenvalue weighted by molar-refractivity contribution is 5.37. The highest BCUT2D eigenvalue weighted by Gasteiger charge is 2.42. The molecule has 1 saturated heterocycles. The lowest BCUT2D eigenvalue weighted by Gasteiger charge is -2.28. The molecule has 2 aromatic carbocycles. The van der Waals surface area contributed by atoms with Crippen LogP contribution in [0.5, 0.6) is 5.75 Å². The first-order valence-corrected chi connectivity index (χ1v) is 9.91. The summed E-state index contributed by atoms with van der Waals surface area (Å²) in [6.07, 6.45) is 0.278. The quantitative estimate of drug-likeness (QED) is 0.374. The molecule has 0 amide bonds. The van der Waals surface area contributed by atoms with E-state index in [-0.39, 0.29) is 24.7 Å². The molecule has 2 aromatic rings. The molecule has 0 unspecified atom stereocenters. The minimum absolute atomic E-state index is 0.0164. The Bertz CT molecular complexity index is 1000. The maximum Gasteiger partial charge on any atom is 0.432 e. The minimum atomic E-state index is -4.45. The summed E-state index contributed by atoms with van der Waals surface area (Å²) in [6.45, 7) is 2.54. The number of benzene rings is 2. The van der Waals surface area contributed by atoms with Gasteiger partial charge in [0.05, 0.1) is 18.8 Å². The van der Waals surface area contributed by atoms with Crippen LogP contribution in [-0.4, -0.2) is 13.2 Å². The predicted octanol–water partition coefficient (Wildman–Crippen LogP) is 6.12. The molecule has 1 fully saturated rings. The van der Waals surface area contributed by atoms with Crippen LogP contribution >= 0.6 is 0 Å². The minimum Gasteiger partial charge on any atom is -0.429 e. The fourth-order valence-corrected chi connectivity index (χ4v) is 3.13. The second kappa shape index (κ2) is 10.1. The third-order valence-corrected chi connectivity index (χ3v) is 4.72. The van der Waals surface area contributed by atoms with E-state index in [1.54, 1.807) is 0 Å².